The van der Waals surface area contributed by atoms with Crippen molar-refractivity contribution in [3.8, 4) is 0 Å². The number of carbonyl (C=O) groups excluding carboxylic acids is 1. The van der Waals surface area contributed by atoms with Gasteiger partial charge in [0.15, 0.2) is 0 Å². The Morgan fingerprint density at radius 3 is 2.22 bits per heavy atom. The van der Waals surface area contributed by atoms with Gasteiger partial charge in [-0.3, -0.25) is 4.79 Å². The third kappa shape index (κ3) is 4.39. The molecule has 4 heteroatoms. The van der Waals surface area contributed by atoms with Crippen molar-refractivity contribution in [1.82, 2.24) is 5.32 Å². The molecule has 0 aromatic heterocycles. The first-order valence-electron chi connectivity index (χ1n) is 2.62. The predicted octanol–water partition coefficient (Wildman–Crippen LogP) is 1.20. The monoisotopic (exact) mass is 197 g/mol. The van der Waals surface area contributed by atoms with Gasteiger partial charge in [-0.05, 0) is 29.8 Å². The van der Waals surface area contributed by atoms with Crippen LogP contribution in [0, 0.1) is 0 Å². The van der Waals surface area contributed by atoms with E-state index in [-0.39, 0.29) is 6.04 Å². The van der Waals surface area contributed by atoms with Crippen LogP contribution in [0.4, 0.5) is 4.39 Å². The standard InChI is InChI=1S/C5H9BrFNO/c1-3(2)8-5(9)4(6)7/h3-4H,1-2H3,(H,8,9). The van der Waals surface area contributed by atoms with E-state index in [1.54, 1.807) is 13.8 Å². The van der Waals surface area contributed by atoms with E-state index in [1.165, 1.54) is 0 Å². The number of carbonyl (C=O) groups is 1. The molecule has 9 heavy (non-hydrogen) atoms. The zero-order valence-electron chi connectivity index (χ0n) is 5.32. The molecule has 1 unspecified atom stereocenters. The Bertz CT molecular complexity index is 105. The Hall–Kier alpha value is -0.120. The Morgan fingerprint density at radius 2 is 2.11 bits per heavy atom. The number of nitrogens with one attached hydrogen (secondary N) is 1. The Labute approximate surface area is 61.9 Å². The number of hydrogen-bond donors (Lipinski definition) is 1. The molecule has 0 aromatic carbocycles. The minimum atomic E-state index is -1.58. The highest BCUT2D eigenvalue weighted by atomic mass is 79.9. The molecule has 0 aliphatic heterocycles. The summed E-state index contributed by atoms with van der Waals surface area (Å²) in [7, 11) is 0. The molecule has 0 bridgehead atoms. The van der Waals surface area contributed by atoms with E-state index in [0.29, 0.717) is 0 Å². The lowest BCUT2D eigenvalue weighted by molar-refractivity contribution is -0.123. The fourth-order valence-electron chi connectivity index (χ4n) is 0.348. The van der Waals surface area contributed by atoms with Crippen LogP contribution in [-0.2, 0) is 4.79 Å². The lowest BCUT2D eigenvalue weighted by Crippen LogP contribution is -2.34. The molecule has 0 aromatic rings. The molecular formula is C5H9BrFNO. The second-order valence-corrected chi connectivity index (χ2v) is 2.77. The molecule has 1 N–H and O–H groups in total. The number of rotatable bonds is 2. The molecule has 0 spiro atoms. The van der Waals surface area contributed by atoms with Crippen LogP contribution in [0.1, 0.15) is 13.8 Å². The van der Waals surface area contributed by atoms with Crippen molar-refractivity contribution < 1.29 is 9.18 Å². The summed E-state index contributed by atoms with van der Waals surface area (Å²) in [6.45, 7) is 3.54. The summed E-state index contributed by atoms with van der Waals surface area (Å²) in [5, 5.41) is 0.798. The summed E-state index contributed by atoms with van der Waals surface area (Å²) >= 11 is 2.49. The maximum absolute atomic E-state index is 12.0. The molecule has 54 valence electrons. The quantitative estimate of drug-likeness (QED) is 0.663. The van der Waals surface area contributed by atoms with Gasteiger partial charge in [0, 0.05) is 6.04 Å². The maximum Gasteiger partial charge on any atom is 0.265 e. The second-order valence-electron chi connectivity index (χ2n) is 1.96. The highest BCUT2D eigenvalue weighted by molar-refractivity contribution is 9.09. The van der Waals surface area contributed by atoms with Gasteiger partial charge in [0.2, 0.25) is 5.08 Å². The van der Waals surface area contributed by atoms with E-state index in [1.807, 2.05) is 0 Å². The van der Waals surface area contributed by atoms with Gasteiger partial charge >= 0.3 is 0 Å². The maximum atomic E-state index is 12.0. The van der Waals surface area contributed by atoms with Crippen LogP contribution in [0.3, 0.4) is 0 Å². The Balaban J connectivity index is 3.51. The SMILES string of the molecule is CC(C)NC(=O)C(F)Br. The summed E-state index contributed by atoms with van der Waals surface area (Å²) in [4.78, 5) is 10.4. The molecule has 0 rings (SSSR count). The molecule has 0 aliphatic carbocycles. The van der Waals surface area contributed by atoms with Crippen molar-refractivity contribution in [3.63, 3.8) is 0 Å². The number of hydrogen-bond acceptors (Lipinski definition) is 1. The minimum Gasteiger partial charge on any atom is -0.351 e. The zero-order valence-corrected chi connectivity index (χ0v) is 6.90. The van der Waals surface area contributed by atoms with Crippen LogP contribution in [0.15, 0.2) is 0 Å². The van der Waals surface area contributed by atoms with Gasteiger partial charge in [0.05, 0.1) is 0 Å². The van der Waals surface area contributed by atoms with E-state index in [2.05, 4.69) is 21.2 Å². The third-order valence-electron chi connectivity index (χ3n) is 0.629. The molecule has 0 fully saturated rings. The molecule has 1 amide bonds. The van der Waals surface area contributed by atoms with Crippen LogP contribution in [0.5, 0.6) is 0 Å². The fraction of sp³-hybridized carbons (Fsp3) is 0.800. The van der Waals surface area contributed by atoms with Crippen LogP contribution in [-0.4, -0.2) is 17.0 Å². The van der Waals surface area contributed by atoms with Crippen LogP contribution < -0.4 is 5.32 Å². The lowest BCUT2D eigenvalue weighted by atomic mass is 10.4. The largest absolute Gasteiger partial charge is 0.351 e. The number of alkyl halides is 2. The smallest absolute Gasteiger partial charge is 0.265 e. The van der Waals surface area contributed by atoms with E-state index in [9.17, 15) is 9.18 Å². The molecule has 0 saturated heterocycles. The first-order chi connectivity index (χ1) is 4.04. The summed E-state index contributed by atoms with van der Waals surface area (Å²) in [5.74, 6) is -0.620. The molecule has 1 atom stereocenters. The van der Waals surface area contributed by atoms with Crippen molar-refractivity contribution in [1.29, 1.82) is 0 Å². The van der Waals surface area contributed by atoms with E-state index >= 15 is 0 Å². The lowest BCUT2D eigenvalue weighted by Gasteiger charge is -2.06. The second kappa shape index (κ2) is 3.82. The van der Waals surface area contributed by atoms with Crippen molar-refractivity contribution in [2.75, 3.05) is 0 Å². The molecule has 0 aliphatic rings. The minimum absolute atomic E-state index is 0.00620. The average Bonchev–Trinajstić information content (AvgIpc) is 1.63. The van der Waals surface area contributed by atoms with Crippen molar-refractivity contribution in [2.24, 2.45) is 0 Å². The zero-order chi connectivity index (χ0) is 7.44. The van der Waals surface area contributed by atoms with Crippen LogP contribution >= 0.6 is 15.9 Å². The molecule has 0 radical (unpaired) electrons. The highest BCUT2D eigenvalue weighted by Gasteiger charge is 2.12. The van der Waals surface area contributed by atoms with Gasteiger partial charge in [-0.1, -0.05) is 0 Å². The van der Waals surface area contributed by atoms with Gasteiger partial charge in [0.1, 0.15) is 0 Å². The van der Waals surface area contributed by atoms with Crippen LogP contribution in [0.25, 0.3) is 0 Å². The predicted molar refractivity (Wildman–Crippen MR) is 37.1 cm³/mol. The Kier molecular flexibility index (Phi) is 3.77. The van der Waals surface area contributed by atoms with Gasteiger partial charge < -0.3 is 5.32 Å². The third-order valence-corrected chi connectivity index (χ3v) is 1.04. The van der Waals surface area contributed by atoms with E-state index in [4.69, 9.17) is 0 Å². The summed E-state index contributed by atoms with van der Waals surface area (Å²) in [6.07, 6.45) is 0. The first-order valence-corrected chi connectivity index (χ1v) is 3.54. The van der Waals surface area contributed by atoms with Crippen molar-refractivity contribution in [3.05, 3.63) is 0 Å². The van der Waals surface area contributed by atoms with E-state index in [0.717, 1.165) is 0 Å². The topological polar surface area (TPSA) is 29.1 Å². The van der Waals surface area contributed by atoms with Crippen molar-refractivity contribution >= 4 is 21.8 Å². The summed E-state index contributed by atoms with van der Waals surface area (Å²) < 4.78 is 12.0. The van der Waals surface area contributed by atoms with Crippen LogP contribution in [0.2, 0.25) is 0 Å². The fourth-order valence-corrected chi connectivity index (χ4v) is 0.480. The highest BCUT2D eigenvalue weighted by Crippen LogP contribution is 1.99. The Morgan fingerprint density at radius 1 is 1.67 bits per heavy atom. The molecular weight excluding hydrogens is 189 g/mol. The van der Waals surface area contributed by atoms with Gasteiger partial charge in [-0.15, -0.1) is 0 Å². The number of amides is 1. The first kappa shape index (κ1) is 8.88. The van der Waals surface area contributed by atoms with E-state index < -0.39 is 11.0 Å². The summed E-state index contributed by atoms with van der Waals surface area (Å²) in [5.41, 5.74) is 0. The molecule has 0 heterocycles. The molecule has 2 nitrogen and oxygen atoms in total. The summed E-state index contributed by atoms with van der Waals surface area (Å²) in [6, 6.07) is -0.00620. The normalized spacial score (nSPS) is 13.4. The van der Waals surface area contributed by atoms with Crippen molar-refractivity contribution in [2.45, 2.75) is 25.0 Å². The number of halogens is 2. The van der Waals surface area contributed by atoms with Gasteiger partial charge in [0.25, 0.3) is 5.91 Å². The van der Waals surface area contributed by atoms with Gasteiger partial charge in [-0.25, -0.2) is 4.39 Å². The molecule has 0 saturated carbocycles. The van der Waals surface area contributed by atoms with Gasteiger partial charge in [-0.2, -0.15) is 0 Å². The average molecular weight is 198 g/mol.